The van der Waals surface area contributed by atoms with Gasteiger partial charge in [0.15, 0.2) is 0 Å². The molecule has 2 rings (SSSR count). The van der Waals surface area contributed by atoms with Crippen LogP contribution >= 0.6 is 0 Å². The standard InChI is InChI=1S/C15H23N3/c1-4-11(9-17-3)15(16)14-10(2)18-13-8-6-5-7-12(13)14/h5-8,11,15,17-18H,4,9,16H2,1-3H3. The molecule has 3 heteroatoms. The van der Waals surface area contributed by atoms with Gasteiger partial charge in [-0.05, 0) is 38.1 Å². The van der Waals surface area contributed by atoms with Gasteiger partial charge in [-0.1, -0.05) is 31.5 Å². The Morgan fingerprint density at radius 2 is 2.06 bits per heavy atom. The van der Waals surface area contributed by atoms with Crippen molar-refractivity contribution in [2.24, 2.45) is 11.7 Å². The van der Waals surface area contributed by atoms with Crippen LogP contribution in [0.4, 0.5) is 0 Å². The van der Waals surface area contributed by atoms with Gasteiger partial charge in [-0.3, -0.25) is 0 Å². The van der Waals surface area contributed by atoms with Crippen molar-refractivity contribution < 1.29 is 0 Å². The molecule has 0 amide bonds. The molecule has 2 aromatic rings. The lowest BCUT2D eigenvalue weighted by Crippen LogP contribution is -2.29. The number of hydrogen-bond donors (Lipinski definition) is 3. The number of nitrogens with one attached hydrogen (secondary N) is 2. The molecule has 0 saturated carbocycles. The molecule has 2 atom stereocenters. The van der Waals surface area contributed by atoms with E-state index in [2.05, 4.69) is 48.4 Å². The number of fused-ring (bicyclic) bond motifs is 1. The van der Waals surface area contributed by atoms with E-state index in [1.807, 2.05) is 7.05 Å². The third kappa shape index (κ3) is 2.28. The normalized spacial score (nSPS) is 14.9. The maximum atomic E-state index is 6.49. The lowest BCUT2D eigenvalue weighted by Gasteiger charge is -2.23. The van der Waals surface area contributed by atoms with E-state index in [0.29, 0.717) is 5.92 Å². The zero-order valence-corrected chi connectivity index (χ0v) is 11.5. The Balaban J connectivity index is 2.43. The summed E-state index contributed by atoms with van der Waals surface area (Å²) in [5, 5.41) is 4.50. The van der Waals surface area contributed by atoms with Crippen LogP contribution in [0.3, 0.4) is 0 Å². The molecular formula is C15H23N3. The fourth-order valence-electron chi connectivity index (χ4n) is 2.75. The number of benzene rings is 1. The van der Waals surface area contributed by atoms with Gasteiger partial charge < -0.3 is 16.0 Å². The highest BCUT2D eigenvalue weighted by Gasteiger charge is 2.22. The van der Waals surface area contributed by atoms with Gasteiger partial charge >= 0.3 is 0 Å². The van der Waals surface area contributed by atoms with Gasteiger partial charge in [-0.2, -0.15) is 0 Å². The van der Waals surface area contributed by atoms with E-state index in [1.165, 1.54) is 22.2 Å². The first-order chi connectivity index (χ1) is 8.69. The minimum absolute atomic E-state index is 0.0820. The number of H-pyrrole nitrogens is 1. The van der Waals surface area contributed by atoms with Gasteiger partial charge in [0.1, 0.15) is 0 Å². The van der Waals surface area contributed by atoms with E-state index in [-0.39, 0.29) is 6.04 Å². The van der Waals surface area contributed by atoms with Crippen molar-refractivity contribution >= 4 is 10.9 Å². The molecule has 1 aromatic carbocycles. The maximum absolute atomic E-state index is 6.49. The summed E-state index contributed by atoms with van der Waals surface area (Å²) in [7, 11) is 1.98. The Labute approximate surface area is 109 Å². The van der Waals surface area contributed by atoms with E-state index in [9.17, 15) is 0 Å². The highest BCUT2D eigenvalue weighted by atomic mass is 14.8. The zero-order valence-electron chi connectivity index (χ0n) is 11.5. The van der Waals surface area contributed by atoms with E-state index < -0.39 is 0 Å². The van der Waals surface area contributed by atoms with E-state index >= 15 is 0 Å². The van der Waals surface area contributed by atoms with Crippen LogP contribution in [0.15, 0.2) is 24.3 Å². The highest BCUT2D eigenvalue weighted by molar-refractivity contribution is 5.85. The highest BCUT2D eigenvalue weighted by Crippen LogP contribution is 2.31. The monoisotopic (exact) mass is 245 g/mol. The number of hydrogen-bond acceptors (Lipinski definition) is 2. The maximum Gasteiger partial charge on any atom is 0.0459 e. The van der Waals surface area contributed by atoms with Crippen LogP contribution in [0.5, 0.6) is 0 Å². The number of aromatic nitrogens is 1. The van der Waals surface area contributed by atoms with E-state index in [1.54, 1.807) is 0 Å². The smallest absolute Gasteiger partial charge is 0.0459 e. The van der Waals surface area contributed by atoms with Gasteiger partial charge in [0.2, 0.25) is 0 Å². The summed E-state index contributed by atoms with van der Waals surface area (Å²) in [6, 6.07) is 8.47. The number of para-hydroxylation sites is 1. The lowest BCUT2D eigenvalue weighted by molar-refractivity contribution is 0.404. The Morgan fingerprint density at radius 1 is 1.33 bits per heavy atom. The Hall–Kier alpha value is -1.32. The van der Waals surface area contributed by atoms with Crippen molar-refractivity contribution in [1.29, 1.82) is 0 Å². The van der Waals surface area contributed by atoms with Crippen LogP contribution in [0.2, 0.25) is 0 Å². The molecule has 0 spiro atoms. The number of aryl methyl sites for hydroxylation is 1. The Kier molecular flexibility index (Phi) is 4.04. The van der Waals surface area contributed by atoms with Crippen molar-refractivity contribution in [3.05, 3.63) is 35.5 Å². The van der Waals surface area contributed by atoms with Gasteiger partial charge in [-0.15, -0.1) is 0 Å². The minimum atomic E-state index is 0.0820. The molecule has 0 aliphatic heterocycles. The van der Waals surface area contributed by atoms with Gasteiger partial charge in [0.05, 0.1) is 0 Å². The molecule has 0 fully saturated rings. The predicted octanol–water partition coefficient (Wildman–Crippen LogP) is 2.72. The zero-order chi connectivity index (χ0) is 13.1. The second kappa shape index (κ2) is 5.55. The van der Waals surface area contributed by atoms with E-state index in [0.717, 1.165) is 13.0 Å². The molecule has 4 N–H and O–H groups in total. The second-order valence-corrected chi connectivity index (χ2v) is 4.96. The summed E-state index contributed by atoms with van der Waals surface area (Å²) < 4.78 is 0. The van der Waals surface area contributed by atoms with Crippen LogP contribution in [0.25, 0.3) is 10.9 Å². The molecule has 3 nitrogen and oxygen atoms in total. The first kappa shape index (κ1) is 13.1. The number of nitrogens with two attached hydrogens (primary N) is 1. The van der Waals surface area contributed by atoms with Crippen molar-refractivity contribution in [3.63, 3.8) is 0 Å². The summed E-state index contributed by atoms with van der Waals surface area (Å²) in [6.45, 7) is 5.27. The van der Waals surface area contributed by atoms with Gasteiger partial charge in [0.25, 0.3) is 0 Å². The molecule has 98 valence electrons. The fourth-order valence-corrected chi connectivity index (χ4v) is 2.75. The average Bonchev–Trinajstić information content (AvgIpc) is 2.71. The molecule has 0 radical (unpaired) electrons. The average molecular weight is 245 g/mol. The van der Waals surface area contributed by atoms with Crippen LogP contribution in [0.1, 0.15) is 30.6 Å². The molecule has 1 aromatic heterocycles. The molecule has 0 saturated heterocycles. The second-order valence-electron chi connectivity index (χ2n) is 4.96. The van der Waals surface area contributed by atoms with Crippen LogP contribution in [0, 0.1) is 12.8 Å². The van der Waals surface area contributed by atoms with Crippen molar-refractivity contribution in [1.82, 2.24) is 10.3 Å². The fraction of sp³-hybridized carbons (Fsp3) is 0.467. The first-order valence-corrected chi connectivity index (χ1v) is 6.66. The van der Waals surface area contributed by atoms with E-state index in [4.69, 9.17) is 5.73 Å². The predicted molar refractivity (Wildman–Crippen MR) is 77.7 cm³/mol. The Bertz CT molecular complexity index is 515. The van der Waals surface area contributed by atoms with Gasteiger partial charge in [0, 0.05) is 22.6 Å². The van der Waals surface area contributed by atoms with Crippen LogP contribution in [-0.2, 0) is 0 Å². The largest absolute Gasteiger partial charge is 0.358 e. The van der Waals surface area contributed by atoms with Crippen molar-refractivity contribution in [2.45, 2.75) is 26.3 Å². The molecule has 1 heterocycles. The summed E-state index contributed by atoms with van der Waals surface area (Å²) in [6.07, 6.45) is 1.08. The SMILES string of the molecule is CCC(CNC)C(N)c1c(C)[nH]c2ccccc12. The first-order valence-electron chi connectivity index (χ1n) is 6.66. The quantitative estimate of drug-likeness (QED) is 0.758. The van der Waals surface area contributed by atoms with Crippen molar-refractivity contribution in [3.8, 4) is 0 Å². The van der Waals surface area contributed by atoms with Crippen LogP contribution in [-0.4, -0.2) is 18.6 Å². The molecule has 0 aliphatic rings. The molecule has 0 bridgehead atoms. The summed E-state index contributed by atoms with van der Waals surface area (Å²) in [4.78, 5) is 3.43. The third-order valence-corrected chi connectivity index (χ3v) is 3.78. The minimum Gasteiger partial charge on any atom is -0.358 e. The molecule has 18 heavy (non-hydrogen) atoms. The number of rotatable bonds is 5. The molecule has 0 aliphatic carbocycles. The Morgan fingerprint density at radius 3 is 2.72 bits per heavy atom. The van der Waals surface area contributed by atoms with Gasteiger partial charge in [-0.25, -0.2) is 0 Å². The third-order valence-electron chi connectivity index (χ3n) is 3.78. The van der Waals surface area contributed by atoms with Crippen molar-refractivity contribution in [2.75, 3.05) is 13.6 Å². The molecular weight excluding hydrogens is 222 g/mol. The lowest BCUT2D eigenvalue weighted by atomic mass is 9.90. The summed E-state index contributed by atoms with van der Waals surface area (Å²) in [5.41, 5.74) is 10.1. The van der Waals surface area contributed by atoms with Crippen LogP contribution < -0.4 is 11.1 Å². The summed E-state index contributed by atoms with van der Waals surface area (Å²) in [5.74, 6) is 0.466. The topological polar surface area (TPSA) is 53.8 Å². The summed E-state index contributed by atoms with van der Waals surface area (Å²) >= 11 is 0. The molecule has 2 unspecified atom stereocenters. The number of aromatic amines is 1.